The van der Waals surface area contributed by atoms with Crippen LogP contribution in [0.3, 0.4) is 0 Å². The van der Waals surface area contributed by atoms with Crippen molar-refractivity contribution >= 4 is 80.6 Å². The van der Waals surface area contributed by atoms with Gasteiger partial charge in [-0.2, -0.15) is 0 Å². The van der Waals surface area contributed by atoms with Crippen LogP contribution in [0.4, 0.5) is 28.1 Å². The Morgan fingerprint density at radius 2 is 1.58 bits per heavy atom. The lowest BCUT2D eigenvalue weighted by molar-refractivity contribution is -0.136. The summed E-state index contributed by atoms with van der Waals surface area (Å²) in [7, 11) is 0. The molecule has 0 spiro atoms. The molecular weight excluding hydrogens is 880 g/mol. The van der Waals surface area contributed by atoms with Crippen LogP contribution in [0.25, 0.3) is 0 Å². The average Bonchev–Trinajstić information content (AvgIpc) is 3.86. The number of aryl methyl sites for hydroxylation is 2. The van der Waals surface area contributed by atoms with Crippen LogP contribution in [0.2, 0.25) is 5.02 Å². The van der Waals surface area contributed by atoms with Crippen LogP contribution in [0, 0.1) is 13.8 Å². The SMILES string of the molecule is Cc1nc(Nc2ncc(C(=O)Nc3c(C)cccc3Cl)s2)cc(N2CCN(CCCOCCOCCOCCOCCNc3cccc4c3C(=O)N(C3CCC(=O)NC3=O)C4=O)CC2)n1. The zero-order chi connectivity index (χ0) is 45.7. The van der Waals surface area contributed by atoms with Gasteiger partial charge >= 0.3 is 0 Å². The minimum atomic E-state index is -1.02. The van der Waals surface area contributed by atoms with Crippen molar-refractivity contribution in [3.05, 3.63) is 81.1 Å². The number of nitrogens with one attached hydrogen (secondary N) is 4. The molecule has 0 radical (unpaired) electrons. The van der Waals surface area contributed by atoms with Gasteiger partial charge in [0.05, 0.1) is 74.3 Å². The van der Waals surface area contributed by atoms with Gasteiger partial charge < -0.3 is 39.8 Å². The Labute approximate surface area is 385 Å². The van der Waals surface area contributed by atoms with Crippen LogP contribution in [0.1, 0.15) is 61.0 Å². The number of halogens is 1. The second kappa shape index (κ2) is 23.0. The van der Waals surface area contributed by atoms with Gasteiger partial charge in [0.2, 0.25) is 11.8 Å². The van der Waals surface area contributed by atoms with Gasteiger partial charge in [0, 0.05) is 64.0 Å². The predicted molar refractivity (Wildman–Crippen MR) is 244 cm³/mol. The van der Waals surface area contributed by atoms with Gasteiger partial charge in [-0.25, -0.2) is 15.0 Å². The Bertz CT molecular complexity index is 2320. The van der Waals surface area contributed by atoms with E-state index in [1.807, 2.05) is 32.0 Å². The van der Waals surface area contributed by atoms with Crippen molar-refractivity contribution in [2.24, 2.45) is 0 Å². The number of thiazole rings is 1. The fourth-order valence-corrected chi connectivity index (χ4v) is 8.55. The first-order valence-electron chi connectivity index (χ1n) is 21.6. The van der Waals surface area contributed by atoms with E-state index in [0.717, 1.165) is 55.4 Å². The minimum absolute atomic E-state index is 0.0627. The first kappa shape index (κ1) is 47.4. The third-order valence-electron chi connectivity index (χ3n) is 10.9. The summed E-state index contributed by atoms with van der Waals surface area (Å²) >= 11 is 7.52. The highest BCUT2D eigenvalue weighted by atomic mass is 35.5. The molecular formula is C44H53ClN10O9S. The third-order valence-corrected chi connectivity index (χ3v) is 12.1. The Morgan fingerprint density at radius 1 is 0.877 bits per heavy atom. The standard InChI is InChI=1S/C44H53ClN10O9S/c1-28-6-3-8-31(45)39(28)52-41(58)34-27-47-44(65-34)50-35-26-36(49-29(2)48-35)54-16-14-53(15-17-54)13-5-18-61-20-22-63-24-25-64-23-21-62-19-12-46-32-9-4-7-30-38(32)43(60)55(42(30)59)33-10-11-37(56)51-40(33)57/h3-4,6-9,26-27,33,46H,5,10-25H2,1-2H3,(H,52,58)(H,51,56,57)(H,47,48,49,50). The molecule has 1 unspecified atom stereocenters. The fraction of sp³-hybridized carbons (Fsp3) is 0.455. The van der Waals surface area contributed by atoms with E-state index in [1.54, 1.807) is 24.3 Å². The number of ether oxygens (including phenoxy) is 4. The van der Waals surface area contributed by atoms with Crippen LogP contribution >= 0.6 is 22.9 Å². The number of carbonyl (C=O) groups is 5. The van der Waals surface area contributed by atoms with E-state index < -0.39 is 29.7 Å². The molecule has 5 amide bonds. The fourth-order valence-electron chi connectivity index (χ4n) is 7.56. The number of para-hydroxylation sites is 1. The van der Waals surface area contributed by atoms with Gasteiger partial charge in [-0.3, -0.25) is 39.1 Å². The van der Waals surface area contributed by atoms with Crippen molar-refractivity contribution in [1.29, 1.82) is 0 Å². The maximum atomic E-state index is 13.2. The molecule has 21 heteroatoms. The molecule has 2 aromatic carbocycles. The van der Waals surface area contributed by atoms with E-state index in [4.69, 9.17) is 30.5 Å². The molecule has 5 heterocycles. The number of piperidine rings is 1. The first-order chi connectivity index (χ1) is 31.5. The van der Waals surface area contributed by atoms with Crippen molar-refractivity contribution in [2.75, 3.05) is 113 Å². The molecule has 346 valence electrons. The Balaban J connectivity index is 0.689. The number of nitrogens with zero attached hydrogens (tertiary/aromatic N) is 6. The summed E-state index contributed by atoms with van der Waals surface area (Å²) in [6.45, 7) is 12.1. The second-order valence-electron chi connectivity index (χ2n) is 15.4. The molecule has 4 N–H and O–H groups in total. The van der Waals surface area contributed by atoms with Crippen molar-refractivity contribution in [1.82, 2.24) is 30.1 Å². The zero-order valence-corrected chi connectivity index (χ0v) is 37.9. The molecule has 19 nitrogen and oxygen atoms in total. The molecule has 4 aromatic rings. The quantitative estimate of drug-likeness (QED) is 0.0603. The maximum absolute atomic E-state index is 13.2. The molecule has 0 bridgehead atoms. The molecule has 0 saturated carbocycles. The number of fused-ring (bicyclic) bond motifs is 1. The summed E-state index contributed by atoms with van der Waals surface area (Å²) in [5.41, 5.74) is 2.36. The molecule has 3 aliphatic rings. The summed E-state index contributed by atoms with van der Waals surface area (Å²) in [5.74, 6) is -0.371. The zero-order valence-electron chi connectivity index (χ0n) is 36.4. The summed E-state index contributed by atoms with van der Waals surface area (Å²) in [4.78, 5) is 82.8. The molecule has 65 heavy (non-hydrogen) atoms. The number of anilines is 5. The van der Waals surface area contributed by atoms with Crippen LogP contribution in [0.5, 0.6) is 0 Å². The second-order valence-corrected chi connectivity index (χ2v) is 16.9. The summed E-state index contributed by atoms with van der Waals surface area (Å²) in [6, 6.07) is 11.3. The number of hydrogen-bond donors (Lipinski definition) is 4. The van der Waals surface area contributed by atoms with E-state index in [-0.39, 0.29) is 29.9 Å². The lowest BCUT2D eigenvalue weighted by atomic mass is 10.0. The normalized spacial score (nSPS) is 16.5. The molecule has 1 atom stereocenters. The van der Waals surface area contributed by atoms with E-state index in [1.165, 1.54) is 17.5 Å². The highest BCUT2D eigenvalue weighted by molar-refractivity contribution is 7.17. The highest BCUT2D eigenvalue weighted by Crippen LogP contribution is 2.33. The monoisotopic (exact) mass is 932 g/mol. The molecule has 7 rings (SSSR count). The predicted octanol–water partition coefficient (Wildman–Crippen LogP) is 4.29. The van der Waals surface area contributed by atoms with Crippen LogP contribution in [-0.2, 0) is 28.5 Å². The number of imide groups is 2. The number of aromatic nitrogens is 3. The van der Waals surface area contributed by atoms with Crippen molar-refractivity contribution in [3.8, 4) is 0 Å². The smallest absolute Gasteiger partial charge is 0.267 e. The Kier molecular flexibility index (Phi) is 16.8. The number of piperazine rings is 1. The maximum Gasteiger partial charge on any atom is 0.267 e. The van der Waals surface area contributed by atoms with Gasteiger partial charge in [-0.15, -0.1) is 0 Å². The number of benzene rings is 2. The summed E-state index contributed by atoms with van der Waals surface area (Å²) in [5, 5.41) is 12.5. The minimum Gasteiger partial charge on any atom is -0.382 e. The topological polar surface area (TPSA) is 219 Å². The Morgan fingerprint density at radius 3 is 2.31 bits per heavy atom. The Hall–Kier alpha value is -5.61. The van der Waals surface area contributed by atoms with E-state index in [0.29, 0.717) is 97.4 Å². The highest BCUT2D eigenvalue weighted by Gasteiger charge is 2.45. The van der Waals surface area contributed by atoms with Gasteiger partial charge in [0.25, 0.3) is 17.7 Å². The van der Waals surface area contributed by atoms with E-state index >= 15 is 0 Å². The van der Waals surface area contributed by atoms with Crippen LogP contribution in [-0.4, -0.2) is 152 Å². The van der Waals surface area contributed by atoms with Crippen molar-refractivity contribution in [2.45, 2.75) is 39.2 Å². The lowest BCUT2D eigenvalue weighted by Crippen LogP contribution is -2.54. The molecule has 2 fully saturated rings. The van der Waals surface area contributed by atoms with E-state index in [2.05, 4.69) is 46.0 Å². The van der Waals surface area contributed by atoms with E-state index in [9.17, 15) is 24.0 Å². The number of amides is 5. The molecule has 0 aliphatic carbocycles. The summed E-state index contributed by atoms with van der Waals surface area (Å²) < 4.78 is 22.6. The third kappa shape index (κ3) is 12.6. The number of carbonyl (C=O) groups excluding carboxylic acids is 5. The first-order valence-corrected chi connectivity index (χ1v) is 22.8. The lowest BCUT2D eigenvalue weighted by Gasteiger charge is -2.35. The molecule has 2 saturated heterocycles. The molecule has 3 aliphatic heterocycles. The van der Waals surface area contributed by atoms with Crippen LogP contribution < -0.4 is 26.2 Å². The number of rotatable bonds is 23. The summed E-state index contributed by atoms with van der Waals surface area (Å²) in [6.07, 6.45) is 2.61. The van der Waals surface area contributed by atoms with Crippen molar-refractivity contribution in [3.63, 3.8) is 0 Å². The van der Waals surface area contributed by atoms with Crippen LogP contribution in [0.15, 0.2) is 48.7 Å². The largest absolute Gasteiger partial charge is 0.382 e. The van der Waals surface area contributed by atoms with Gasteiger partial charge in [0.1, 0.15) is 28.4 Å². The van der Waals surface area contributed by atoms with Gasteiger partial charge in [-0.1, -0.05) is 41.1 Å². The number of hydrogen-bond acceptors (Lipinski definition) is 17. The average molecular weight is 933 g/mol. The van der Waals surface area contributed by atoms with Gasteiger partial charge in [0.15, 0.2) is 5.13 Å². The van der Waals surface area contributed by atoms with Crippen molar-refractivity contribution < 1.29 is 42.9 Å². The van der Waals surface area contributed by atoms with Gasteiger partial charge in [-0.05, 0) is 50.5 Å². The molecule has 2 aromatic heterocycles.